The van der Waals surface area contributed by atoms with E-state index in [4.69, 9.17) is 17.2 Å². The first kappa shape index (κ1) is 28.1. The number of nitrogens with one attached hydrogen (secondary N) is 4. The quantitative estimate of drug-likeness (QED) is 0.0716. The maximum absolute atomic E-state index is 12.8. The minimum Gasteiger partial charge on any atom is -0.480 e. The summed E-state index contributed by atoms with van der Waals surface area (Å²) in [5.41, 5.74) is 16.0. The Morgan fingerprint density at radius 1 is 1.03 bits per heavy atom. The number of hydrogen-bond acceptors (Lipinski definition) is 7. The van der Waals surface area contributed by atoms with Crippen molar-refractivity contribution in [1.82, 2.24) is 21.3 Å². The van der Waals surface area contributed by atoms with E-state index in [1.165, 1.54) is 6.92 Å². The molecule has 0 aromatic carbocycles. The molecule has 11 N–H and O–H groups in total. The fraction of sp³-hybridized carbons (Fsp3) is 0.750. The van der Waals surface area contributed by atoms with Gasteiger partial charge in [0.1, 0.15) is 18.1 Å². The van der Waals surface area contributed by atoms with E-state index in [1.54, 1.807) is 0 Å². The topological polar surface area (TPSA) is 227 Å². The van der Waals surface area contributed by atoms with Crippen LogP contribution in [0.1, 0.15) is 51.9 Å². The van der Waals surface area contributed by atoms with Crippen LogP contribution in [0.3, 0.4) is 0 Å². The summed E-state index contributed by atoms with van der Waals surface area (Å²) in [5, 5.41) is 20.2. The highest BCUT2D eigenvalue weighted by Crippen LogP contribution is 2.07. The number of carbonyl (C=O) groups is 4. The van der Waals surface area contributed by atoms with E-state index in [-0.39, 0.29) is 37.3 Å². The molecule has 1 rings (SSSR count). The third-order valence-corrected chi connectivity index (χ3v) is 5.27. The second-order valence-corrected chi connectivity index (χ2v) is 8.07. The molecule has 1 heterocycles. The van der Waals surface area contributed by atoms with Crippen molar-refractivity contribution in [1.29, 1.82) is 0 Å². The lowest BCUT2D eigenvalue weighted by molar-refractivity contribution is -0.142. The molecular weight excluding hydrogens is 432 g/mol. The number of aliphatic imine (C=N–C) groups is 1. The van der Waals surface area contributed by atoms with Crippen LogP contribution >= 0.6 is 0 Å². The Balaban J connectivity index is 2.70. The highest BCUT2D eigenvalue weighted by Gasteiger charge is 2.29. The first-order chi connectivity index (χ1) is 15.6. The highest BCUT2D eigenvalue weighted by atomic mass is 16.4. The molecule has 0 aromatic heterocycles. The third kappa shape index (κ3) is 11.0. The van der Waals surface area contributed by atoms with Gasteiger partial charge in [-0.15, -0.1) is 0 Å². The molecule has 0 bridgehead atoms. The van der Waals surface area contributed by atoms with Gasteiger partial charge in [-0.1, -0.05) is 0 Å². The van der Waals surface area contributed by atoms with Crippen molar-refractivity contribution in [2.24, 2.45) is 22.2 Å². The monoisotopic (exact) mass is 470 g/mol. The third-order valence-electron chi connectivity index (χ3n) is 5.27. The average molecular weight is 471 g/mol. The molecular formula is C20H38N8O5. The fourth-order valence-corrected chi connectivity index (χ4v) is 3.38. The van der Waals surface area contributed by atoms with Crippen molar-refractivity contribution in [2.45, 2.75) is 76.0 Å². The predicted octanol–water partition coefficient (Wildman–Crippen LogP) is -2.52. The van der Waals surface area contributed by atoms with Crippen LogP contribution < -0.4 is 38.5 Å². The van der Waals surface area contributed by atoms with Crippen molar-refractivity contribution in [3.05, 3.63) is 0 Å². The Labute approximate surface area is 193 Å². The van der Waals surface area contributed by atoms with Gasteiger partial charge in [0, 0.05) is 6.54 Å². The van der Waals surface area contributed by atoms with Gasteiger partial charge in [-0.05, 0) is 65.0 Å². The molecule has 33 heavy (non-hydrogen) atoms. The molecule has 1 aliphatic heterocycles. The lowest BCUT2D eigenvalue weighted by atomic mass is 10.1. The van der Waals surface area contributed by atoms with Gasteiger partial charge in [-0.3, -0.25) is 19.4 Å². The summed E-state index contributed by atoms with van der Waals surface area (Å²) in [4.78, 5) is 53.0. The number of carboxylic acids is 1. The van der Waals surface area contributed by atoms with Gasteiger partial charge in [0.15, 0.2) is 5.96 Å². The van der Waals surface area contributed by atoms with Gasteiger partial charge in [-0.2, -0.15) is 0 Å². The molecule has 1 saturated heterocycles. The number of rotatable bonds is 15. The van der Waals surface area contributed by atoms with Crippen molar-refractivity contribution < 1.29 is 24.3 Å². The molecule has 1 aliphatic rings. The number of guanidine groups is 1. The van der Waals surface area contributed by atoms with Crippen LogP contribution in [0.25, 0.3) is 0 Å². The number of amides is 3. The van der Waals surface area contributed by atoms with Crippen LogP contribution in [-0.4, -0.2) is 78.6 Å². The molecule has 0 aliphatic carbocycles. The molecule has 1 fully saturated rings. The van der Waals surface area contributed by atoms with Crippen molar-refractivity contribution in [3.8, 4) is 0 Å². The molecule has 3 amide bonds. The van der Waals surface area contributed by atoms with E-state index < -0.39 is 35.9 Å². The van der Waals surface area contributed by atoms with Gasteiger partial charge in [0.25, 0.3) is 0 Å². The van der Waals surface area contributed by atoms with Gasteiger partial charge in [0.2, 0.25) is 17.7 Å². The summed E-state index contributed by atoms with van der Waals surface area (Å²) < 4.78 is 0. The summed E-state index contributed by atoms with van der Waals surface area (Å²) in [5.74, 6) is -2.73. The number of nitrogens with two attached hydrogens (primary N) is 3. The minimum atomic E-state index is -1.20. The largest absolute Gasteiger partial charge is 0.480 e. The number of aliphatic carboxylic acids is 1. The molecule has 13 heteroatoms. The van der Waals surface area contributed by atoms with Crippen LogP contribution in [0.4, 0.5) is 0 Å². The highest BCUT2D eigenvalue weighted by molar-refractivity contribution is 5.93. The normalized spacial score (nSPS) is 17.9. The lowest BCUT2D eigenvalue weighted by Gasteiger charge is -2.24. The molecule has 0 spiro atoms. The van der Waals surface area contributed by atoms with E-state index in [0.717, 1.165) is 13.0 Å². The molecule has 0 saturated carbocycles. The number of hydrogen-bond donors (Lipinski definition) is 8. The smallest absolute Gasteiger partial charge is 0.326 e. The zero-order valence-electron chi connectivity index (χ0n) is 19.1. The van der Waals surface area contributed by atoms with Crippen LogP contribution in [0.2, 0.25) is 0 Å². The Kier molecular flexibility index (Phi) is 12.8. The Morgan fingerprint density at radius 2 is 1.70 bits per heavy atom. The first-order valence-electron chi connectivity index (χ1n) is 11.3. The summed E-state index contributed by atoms with van der Waals surface area (Å²) in [6, 6.07) is -3.32. The molecule has 188 valence electrons. The zero-order chi connectivity index (χ0) is 24.8. The van der Waals surface area contributed by atoms with Crippen LogP contribution in [-0.2, 0) is 19.2 Å². The second-order valence-electron chi connectivity index (χ2n) is 8.07. The Morgan fingerprint density at radius 3 is 2.27 bits per heavy atom. The lowest BCUT2D eigenvalue weighted by Crippen LogP contribution is -2.56. The van der Waals surface area contributed by atoms with Gasteiger partial charge in [-0.25, -0.2) is 4.79 Å². The molecule has 0 radical (unpaired) electrons. The number of unbranched alkanes of at least 4 members (excludes halogenated alkanes) is 1. The van der Waals surface area contributed by atoms with Crippen molar-refractivity contribution >= 4 is 29.7 Å². The molecule has 4 atom stereocenters. The molecule has 0 aromatic rings. The average Bonchev–Trinajstić information content (AvgIpc) is 3.29. The summed E-state index contributed by atoms with van der Waals surface area (Å²) in [6.07, 6.45) is 3.52. The maximum Gasteiger partial charge on any atom is 0.326 e. The minimum absolute atomic E-state index is 0.0986. The zero-order valence-corrected chi connectivity index (χ0v) is 19.1. The maximum atomic E-state index is 12.8. The van der Waals surface area contributed by atoms with Gasteiger partial charge < -0.3 is 43.6 Å². The number of carbonyl (C=O) groups excluding carboxylic acids is 3. The van der Waals surface area contributed by atoms with E-state index >= 15 is 0 Å². The Bertz CT molecular complexity index is 692. The van der Waals surface area contributed by atoms with Gasteiger partial charge >= 0.3 is 5.97 Å². The Hall–Kier alpha value is -2.93. The fourth-order valence-electron chi connectivity index (χ4n) is 3.38. The van der Waals surface area contributed by atoms with Crippen LogP contribution in [0, 0.1) is 0 Å². The predicted molar refractivity (Wildman–Crippen MR) is 123 cm³/mol. The second kappa shape index (κ2) is 15.0. The van der Waals surface area contributed by atoms with Crippen molar-refractivity contribution in [2.75, 3.05) is 19.6 Å². The van der Waals surface area contributed by atoms with Crippen molar-refractivity contribution in [3.63, 3.8) is 0 Å². The summed E-state index contributed by atoms with van der Waals surface area (Å²) in [6.45, 7) is 2.93. The standard InChI is InChI=1S/C20H38N8O5/c1-12(26-17(30)13-7-4-10-24-13)16(29)27-14(6-2-3-9-21)18(31)28-15(19(32)33)8-5-11-25-20(22)23/h12-15,24H,2-11,21H2,1H3,(H,26,30)(H,27,29)(H,28,31)(H,32,33)(H4,22,23,25). The van der Waals surface area contributed by atoms with Gasteiger partial charge in [0.05, 0.1) is 6.04 Å². The van der Waals surface area contributed by atoms with E-state index in [9.17, 15) is 24.3 Å². The first-order valence-corrected chi connectivity index (χ1v) is 11.3. The summed E-state index contributed by atoms with van der Waals surface area (Å²) in [7, 11) is 0. The summed E-state index contributed by atoms with van der Waals surface area (Å²) >= 11 is 0. The SMILES string of the molecule is CC(NC(=O)C1CCCN1)C(=O)NC(CCCCN)C(=O)NC(CCCN=C(N)N)C(=O)O. The van der Waals surface area contributed by atoms with E-state index in [2.05, 4.69) is 26.3 Å². The van der Waals surface area contributed by atoms with E-state index in [1.807, 2.05) is 0 Å². The van der Waals surface area contributed by atoms with Crippen LogP contribution in [0.15, 0.2) is 4.99 Å². The number of nitrogens with zero attached hydrogens (tertiary/aromatic N) is 1. The number of carboxylic acid groups (broad SMARTS) is 1. The molecule has 4 unspecified atom stereocenters. The van der Waals surface area contributed by atoms with Crippen LogP contribution in [0.5, 0.6) is 0 Å². The van der Waals surface area contributed by atoms with E-state index in [0.29, 0.717) is 32.2 Å². The molecule has 13 nitrogen and oxygen atoms in total.